The number of nitrogens with zero attached hydrogens (tertiary/aromatic N) is 1. The summed E-state index contributed by atoms with van der Waals surface area (Å²) in [6.07, 6.45) is 5.78. The lowest BCUT2D eigenvalue weighted by atomic mass is 10.1. The number of hydrogen-bond donors (Lipinski definition) is 3. The molecule has 0 radical (unpaired) electrons. The molecular weight excluding hydrogens is 402 g/mol. The van der Waals surface area contributed by atoms with Gasteiger partial charge in [0.1, 0.15) is 0 Å². The van der Waals surface area contributed by atoms with Crippen molar-refractivity contribution in [2.75, 3.05) is 23.5 Å². The fourth-order valence-corrected chi connectivity index (χ4v) is 3.09. The monoisotopic (exact) mass is 420 g/mol. The van der Waals surface area contributed by atoms with Gasteiger partial charge in [0.2, 0.25) is 0 Å². The van der Waals surface area contributed by atoms with Crippen molar-refractivity contribution < 1.29 is 18.4 Å². The van der Waals surface area contributed by atoms with Crippen molar-refractivity contribution in [1.82, 2.24) is 10.8 Å². The standard InChI is InChI=1S/C20H19ClF2N4O2/c21-15-9-13(27-8-7-24-11-27)3-6-17(15)25-19-14(4-5-16(22)18(19)23)20(28)26-29-10-12-1-2-12/h3-9,12,24-25H,1-2,10-11H2,(H,26,28). The zero-order valence-electron chi connectivity index (χ0n) is 15.3. The second-order valence-electron chi connectivity index (χ2n) is 6.91. The number of halogens is 3. The second-order valence-corrected chi connectivity index (χ2v) is 7.31. The Hall–Kier alpha value is -2.84. The molecule has 1 fully saturated rings. The molecule has 0 atom stereocenters. The van der Waals surface area contributed by atoms with Gasteiger partial charge in [0.25, 0.3) is 5.91 Å². The first-order valence-corrected chi connectivity index (χ1v) is 9.54. The molecule has 3 N–H and O–H groups in total. The lowest BCUT2D eigenvalue weighted by molar-refractivity contribution is 0.0270. The van der Waals surface area contributed by atoms with Crippen molar-refractivity contribution in [3.05, 3.63) is 65.0 Å². The van der Waals surface area contributed by atoms with Gasteiger partial charge in [-0.25, -0.2) is 14.3 Å². The Kier molecular flexibility index (Phi) is 5.55. The van der Waals surface area contributed by atoms with Gasteiger partial charge in [0.05, 0.1) is 35.2 Å². The van der Waals surface area contributed by atoms with Gasteiger partial charge < -0.3 is 15.5 Å². The van der Waals surface area contributed by atoms with E-state index in [9.17, 15) is 13.6 Å². The first kappa shape index (κ1) is 19.5. The van der Waals surface area contributed by atoms with Crippen LogP contribution in [0.5, 0.6) is 0 Å². The molecular formula is C20H19ClF2N4O2. The fraction of sp³-hybridized carbons (Fsp3) is 0.250. The fourth-order valence-electron chi connectivity index (χ4n) is 2.87. The minimum Gasteiger partial charge on any atom is -0.372 e. The summed E-state index contributed by atoms with van der Waals surface area (Å²) in [5, 5.41) is 6.08. The predicted molar refractivity (Wildman–Crippen MR) is 107 cm³/mol. The zero-order valence-corrected chi connectivity index (χ0v) is 16.1. The van der Waals surface area contributed by atoms with Gasteiger partial charge in [-0.15, -0.1) is 0 Å². The van der Waals surface area contributed by atoms with E-state index >= 15 is 0 Å². The Morgan fingerprint density at radius 2 is 2.10 bits per heavy atom. The summed E-state index contributed by atoms with van der Waals surface area (Å²) in [5.41, 5.74) is 3.04. The van der Waals surface area contributed by atoms with Crippen LogP contribution in [0.2, 0.25) is 5.02 Å². The van der Waals surface area contributed by atoms with E-state index < -0.39 is 17.5 Å². The summed E-state index contributed by atoms with van der Waals surface area (Å²) in [6, 6.07) is 7.20. The van der Waals surface area contributed by atoms with Crippen LogP contribution < -0.4 is 21.0 Å². The number of carbonyl (C=O) groups is 1. The van der Waals surface area contributed by atoms with Crippen LogP contribution in [0, 0.1) is 17.6 Å². The van der Waals surface area contributed by atoms with Crippen LogP contribution in [-0.2, 0) is 4.84 Å². The van der Waals surface area contributed by atoms with Gasteiger partial charge in [-0.3, -0.25) is 9.63 Å². The third-order valence-corrected chi connectivity index (χ3v) is 5.01. The Bertz CT molecular complexity index is 966. The van der Waals surface area contributed by atoms with Gasteiger partial charge in [0.15, 0.2) is 11.6 Å². The molecule has 2 aromatic carbocycles. The molecule has 1 saturated carbocycles. The van der Waals surface area contributed by atoms with Crippen LogP contribution in [0.25, 0.3) is 0 Å². The lowest BCUT2D eigenvalue weighted by Gasteiger charge is -2.18. The number of hydrogen-bond acceptors (Lipinski definition) is 5. The van der Waals surface area contributed by atoms with Crippen LogP contribution in [0.4, 0.5) is 25.8 Å². The smallest absolute Gasteiger partial charge is 0.277 e. The molecule has 0 saturated heterocycles. The van der Waals surface area contributed by atoms with Crippen LogP contribution in [0.3, 0.4) is 0 Å². The number of anilines is 3. The Balaban J connectivity index is 1.56. The molecule has 1 aliphatic carbocycles. The quantitative estimate of drug-likeness (QED) is 0.584. The minimum absolute atomic E-state index is 0.0912. The minimum atomic E-state index is -1.17. The third-order valence-electron chi connectivity index (χ3n) is 4.70. The highest BCUT2D eigenvalue weighted by Gasteiger charge is 2.23. The van der Waals surface area contributed by atoms with Gasteiger partial charge in [-0.2, -0.15) is 0 Å². The molecule has 1 aliphatic heterocycles. The Morgan fingerprint density at radius 3 is 2.79 bits per heavy atom. The number of hydroxylamine groups is 1. The molecule has 6 nitrogen and oxygen atoms in total. The maximum Gasteiger partial charge on any atom is 0.277 e. The molecule has 1 amide bonds. The number of nitrogens with one attached hydrogen (secondary N) is 3. The zero-order chi connectivity index (χ0) is 20.4. The lowest BCUT2D eigenvalue weighted by Crippen LogP contribution is -2.26. The summed E-state index contributed by atoms with van der Waals surface area (Å²) in [5.74, 6) is -2.49. The molecule has 0 aromatic heterocycles. The number of benzene rings is 2. The molecule has 1 heterocycles. The largest absolute Gasteiger partial charge is 0.372 e. The maximum absolute atomic E-state index is 14.5. The summed E-state index contributed by atoms with van der Waals surface area (Å²) in [7, 11) is 0. The summed E-state index contributed by atoms with van der Waals surface area (Å²) in [6.45, 7) is 0.998. The Labute approximate surface area is 171 Å². The molecule has 0 bridgehead atoms. The van der Waals surface area contributed by atoms with E-state index in [1.807, 2.05) is 11.1 Å². The van der Waals surface area contributed by atoms with Crippen LogP contribution in [0.15, 0.2) is 42.7 Å². The molecule has 0 unspecified atom stereocenters. The summed E-state index contributed by atoms with van der Waals surface area (Å²) >= 11 is 6.33. The maximum atomic E-state index is 14.5. The molecule has 152 valence electrons. The van der Waals surface area contributed by atoms with Crippen molar-refractivity contribution in [2.45, 2.75) is 12.8 Å². The van der Waals surface area contributed by atoms with Crippen LogP contribution >= 0.6 is 11.6 Å². The van der Waals surface area contributed by atoms with Crippen molar-refractivity contribution in [2.24, 2.45) is 5.92 Å². The van der Waals surface area contributed by atoms with Gasteiger partial charge in [-0.1, -0.05) is 11.6 Å². The first-order chi connectivity index (χ1) is 14.0. The topological polar surface area (TPSA) is 65.6 Å². The summed E-state index contributed by atoms with van der Waals surface area (Å²) < 4.78 is 28.3. The Morgan fingerprint density at radius 1 is 1.28 bits per heavy atom. The van der Waals surface area contributed by atoms with E-state index in [1.165, 1.54) is 6.07 Å². The van der Waals surface area contributed by atoms with E-state index in [0.29, 0.717) is 29.9 Å². The van der Waals surface area contributed by atoms with Crippen molar-refractivity contribution in [1.29, 1.82) is 0 Å². The highest BCUT2D eigenvalue weighted by molar-refractivity contribution is 6.33. The van der Waals surface area contributed by atoms with Crippen molar-refractivity contribution in [3.8, 4) is 0 Å². The van der Waals surface area contributed by atoms with Crippen molar-refractivity contribution >= 4 is 34.6 Å². The SMILES string of the molecule is O=C(NOCC1CC1)c1ccc(F)c(F)c1Nc1ccc(N2C=CNC2)cc1Cl. The van der Waals surface area contributed by atoms with Gasteiger partial charge in [0, 0.05) is 18.1 Å². The van der Waals surface area contributed by atoms with Crippen LogP contribution in [0.1, 0.15) is 23.2 Å². The summed E-state index contributed by atoms with van der Waals surface area (Å²) in [4.78, 5) is 19.5. The molecule has 0 spiro atoms. The average molecular weight is 421 g/mol. The number of carbonyl (C=O) groups excluding carboxylic acids is 1. The highest BCUT2D eigenvalue weighted by Crippen LogP contribution is 2.33. The first-order valence-electron chi connectivity index (χ1n) is 9.16. The second kappa shape index (κ2) is 8.26. The third kappa shape index (κ3) is 4.44. The molecule has 2 aromatic rings. The molecule has 2 aliphatic rings. The molecule has 9 heteroatoms. The van der Waals surface area contributed by atoms with E-state index in [1.54, 1.807) is 24.4 Å². The molecule has 4 rings (SSSR count). The van der Waals surface area contributed by atoms with Gasteiger partial charge >= 0.3 is 0 Å². The van der Waals surface area contributed by atoms with E-state index in [4.69, 9.17) is 16.4 Å². The van der Waals surface area contributed by atoms with Crippen LogP contribution in [-0.4, -0.2) is 19.2 Å². The average Bonchev–Trinajstić information content (AvgIpc) is 3.36. The van der Waals surface area contributed by atoms with E-state index in [0.717, 1.165) is 24.6 Å². The normalized spacial score (nSPS) is 15.3. The molecule has 29 heavy (non-hydrogen) atoms. The number of rotatable bonds is 7. The van der Waals surface area contributed by atoms with E-state index in [-0.39, 0.29) is 11.3 Å². The van der Waals surface area contributed by atoms with Gasteiger partial charge in [-0.05, 0) is 49.1 Å². The van der Waals surface area contributed by atoms with E-state index in [2.05, 4.69) is 16.1 Å². The predicted octanol–water partition coefficient (Wildman–Crippen LogP) is 4.27. The number of amides is 1. The highest BCUT2D eigenvalue weighted by atomic mass is 35.5. The van der Waals surface area contributed by atoms with Crippen molar-refractivity contribution in [3.63, 3.8) is 0 Å².